The fourth-order valence-corrected chi connectivity index (χ4v) is 1.64. The highest BCUT2D eigenvalue weighted by atomic mass is 16.8. The molecule has 2 N–H and O–H groups in total. The summed E-state index contributed by atoms with van der Waals surface area (Å²) < 4.78 is 11.7. The molecule has 2 atom stereocenters. The lowest BCUT2D eigenvalue weighted by Crippen LogP contribution is -2.36. The minimum absolute atomic E-state index is 0.0101. The first-order chi connectivity index (χ1) is 8.51. The molecule has 1 saturated heterocycles. The number of aromatic amines is 1. The summed E-state index contributed by atoms with van der Waals surface area (Å²) in [6, 6.07) is 0. The molecule has 2 heterocycles. The third kappa shape index (κ3) is 1.97. The third-order valence-electron chi connectivity index (χ3n) is 2.67. The number of aryl methyl sites for hydroxylation is 1. The van der Waals surface area contributed by atoms with Crippen LogP contribution >= 0.6 is 0 Å². The summed E-state index contributed by atoms with van der Waals surface area (Å²) in [5.74, 6) is 0.657. The van der Waals surface area contributed by atoms with Gasteiger partial charge in [-0.1, -0.05) is 0 Å². The van der Waals surface area contributed by atoms with Gasteiger partial charge in [0.25, 0.3) is 11.3 Å². The van der Waals surface area contributed by atoms with Crippen LogP contribution in [0.15, 0.2) is 15.8 Å². The molecule has 0 aromatic carbocycles. The molecular formula is C11H12N2O5. The molecule has 7 heteroatoms. The number of hydrogen-bond donors (Lipinski definition) is 2. The number of nitrogens with zero attached hydrogens (tertiary/aromatic N) is 1. The van der Waals surface area contributed by atoms with Gasteiger partial charge in [0.15, 0.2) is 6.23 Å². The zero-order valence-corrected chi connectivity index (χ0v) is 9.67. The van der Waals surface area contributed by atoms with Gasteiger partial charge in [0, 0.05) is 11.8 Å². The van der Waals surface area contributed by atoms with E-state index in [9.17, 15) is 9.59 Å². The number of nitrogens with one attached hydrogen (secondary N) is 1. The first-order valence-corrected chi connectivity index (χ1v) is 5.24. The molecule has 1 aliphatic rings. The summed E-state index contributed by atoms with van der Waals surface area (Å²) >= 11 is 0. The number of aliphatic hydroxyl groups excluding tert-OH is 1. The molecule has 1 aliphatic heterocycles. The Bertz CT molecular complexity index is 611. The molecule has 18 heavy (non-hydrogen) atoms. The maximum Gasteiger partial charge on any atom is 0.330 e. The number of rotatable bonds is 2. The van der Waals surface area contributed by atoms with Crippen LogP contribution in [0, 0.1) is 19.3 Å². The summed E-state index contributed by atoms with van der Waals surface area (Å²) in [4.78, 5) is 25.0. The monoisotopic (exact) mass is 252 g/mol. The molecule has 0 bridgehead atoms. The molecule has 7 nitrogen and oxygen atoms in total. The van der Waals surface area contributed by atoms with Crippen molar-refractivity contribution in [1.29, 1.82) is 0 Å². The lowest BCUT2D eigenvalue weighted by Gasteiger charge is -2.19. The van der Waals surface area contributed by atoms with Crippen molar-refractivity contribution < 1.29 is 14.6 Å². The van der Waals surface area contributed by atoms with E-state index in [1.165, 1.54) is 10.8 Å². The highest BCUT2D eigenvalue weighted by Gasteiger charge is 2.41. The molecule has 96 valence electrons. The summed E-state index contributed by atoms with van der Waals surface area (Å²) in [5.41, 5.74) is -0.717. The molecule has 0 unspecified atom stereocenters. The predicted octanol–water partition coefficient (Wildman–Crippen LogP) is -1.29. The summed E-state index contributed by atoms with van der Waals surface area (Å²) in [7, 11) is 0. The Hall–Kier alpha value is -1.88. The van der Waals surface area contributed by atoms with Gasteiger partial charge in [-0.25, -0.2) is 4.79 Å². The molecule has 0 amide bonds. The average Bonchev–Trinajstić information content (AvgIpc) is 2.79. The Morgan fingerprint density at radius 3 is 3.00 bits per heavy atom. The summed E-state index contributed by atoms with van der Waals surface area (Å²) in [6.07, 6.45) is 5.79. The lowest BCUT2D eigenvalue weighted by atomic mass is 10.3. The molecule has 1 fully saturated rings. The molecule has 0 spiro atoms. The van der Waals surface area contributed by atoms with E-state index in [-0.39, 0.29) is 6.61 Å². The summed E-state index contributed by atoms with van der Waals surface area (Å²) in [6.45, 7) is 1.05. The minimum atomic E-state index is -1.53. The van der Waals surface area contributed by atoms with Crippen molar-refractivity contribution >= 4 is 0 Å². The lowest BCUT2D eigenvalue weighted by molar-refractivity contribution is -0.156. The van der Waals surface area contributed by atoms with Gasteiger partial charge in [-0.3, -0.25) is 14.3 Å². The van der Waals surface area contributed by atoms with E-state index in [0.717, 1.165) is 0 Å². The third-order valence-corrected chi connectivity index (χ3v) is 2.67. The van der Waals surface area contributed by atoms with E-state index in [0.29, 0.717) is 5.56 Å². The van der Waals surface area contributed by atoms with Crippen LogP contribution in [0.3, 0.4) is 0 Å². The Morgan fingerprint density at radius 2 is 2.44 bits per heavy atom. The van der Waals surface area contributed by atoms with Crippen LogP contribution in [0.1, 0.15) is 11.8 Å². The molecular weight excluding hydrogens is 240 g/mol. The van der Waals surface area contributed by atoms with E-state index in [2.05, 4.69) is 10.9 Å². The van der Waals surface area contributed by atoms with Crippen LogP contribution in [-0.4, -0.2) is 33.7 Å². The molecule has 2 rings (SSSR count). The Labute approximate surface area is 102 Å². The minimum Gasteiger partial charge on any atom is -0.390 e. The van der Waals surface area contributed by atoms with Crippen molar-refractivity contribution in [2.75, 3.05) is 13.2 Å². The van der Waals surface area contributed by atoms with Gasteiger partial charge in [0.2, 0.25) is 0 Å². The quantitative estimate of drug-likeness (QED) is 0.639. The number of H-pyrrole nitrogens is 1. The molecule has 0 aliphatic carbocycles. The van der Waals surface area contributed by atoms with E-state index in [4.69, 9.17) is 21.0 Å². The average molecular weight is 252 g/mol. The van der Waals surface area contributed by atoms with Crippen molar-refractivity contribution in [3.63, 3.8) is 0 Å². The van der Waals surface area contributed by atoms with Crippen LogP contribution in [0.25, 0.3) is 0 Å². The largest absolute Gasteiger partial charge is 0.390 e. The van der Waals surface area contributed by atoms with E-state index >= 15 is 0 Å². The normalized spacial score (nSPS) is 27.1. The van der Waals surface area contributed by atoms with Gasteiger partial charge >= 0.3 is 5.69 Å². The maximum atomic E-state index is 11.6. The first-order valence-electron chi connectivity index (χ1n) is 5.24. The van der Waals surface area contributed by atoms with Crippen molar-refractivity contribution in [2.24, 2.45) is 0 Å². The van der Waals surface area contributed by atoms with Gasteiger partial charge in [0.1, 0.15) is 6.61 Å². The number of terminal acetylenes is 1. The zero-order valence-electron chi connectivity index (χ0n) is 9.67. The fraction of sp³-hybridized carbons (Fsp3) is 0.455. The maximum absolute atomic E-state index is 11.6. The number of aromatic nitrogens is 2. The van der Waals surface area contributed by atoms with Gasteiger partial charge in [-0.05, 0) is 12.8 Å². The Kier molecular flexibility index (Phi) is 3.09. The van der Waals surface area contributed by atoms with Crippen LogP contribution < -0.4 is 11.2 Å². The predicted molar refractivity (Wildman–Crippen MR) is 60.8 cm³/mol. The van der Waals surface area contributed by atoms with Crippen molar-refractivity contribution in [3.05, 3.63) is 32.6 Å². The standard InChI is InChI=1S/C11H12N2O5/c1-3-11(6-14)17-5-8(18-11)13-4-7(2)9(15)12-10(13)16/h1,4,8,14H,5-6H2,2H3,(H,12,15,16)/t8-,11+/m0/s1. The van der Waals surface area contributed by atoms with E-state index in [1.807, 2.05) is 0 Å². The van der Waals surface area contributed by atoms with Crippen molar-refractivity contribution in [2.45, 2.75) is 18.9 Å². The van der Waals surface area contributed by atoms with Crippen LogP contribution in [-0.2, 0) is 9.47 Å². The van der Waals surface area contributed by atoms with Crippen LogP contribution in [0.5, 0.6) is 0 Å². The van der Waals surface area contributed by atoms with E-state index < -0.39 is 29.9 Å². The van der Waals surface area contributed by atoms with Gasteiger partial charge < -0.3 is 14.6 Å². The van der Waals surface area contributed by atoms with Crippen LogP contribution in [0.2, 0.25) is 0 Å². The topological polar surface area (TPSA) is 93.5 Å². The molecule has 0 radical (unpaired) electrons. The highest BCUT2D eigenvalue weighted by Crippen LogP contribution is 2.27. The van der Waals surface area contributed by atoms with Crippen molar-refractivity contribution in [1.82, 2.24) is 9.55 Å². The number of hydrogen-bond acceptors (Lipinski definition) is 5. The first kappa shape index (κ1) is 12.6. The second-order valence-corrected chi connectivity index (χ2v) is 3.92. The van der Waals surface area contributed by atoms with Gasteiger partial charge in [-0.2, -0.15) is 0 Å². The van der Waals surface area contributed by atoms with Crippen LogP contribution in [0.4, 0.5) is 0 Å². The highest BCUT2D eigenvalue weighted by molar-refractivity contribution is 5.06. The summed E-state index contributed by atoms with van der Waals surface area (Å²) in [5, 5.41) is 9.11. The van der Waals surface area contributed by atoms with Gasteiger partial charge in [0.05, 0.1) is 6.61 Å². The van der Waals surface area contributed by atoms with Crippen molar-refractivity contribution in [3.8, 4) is 12.3 Å². The van der Waals surface area contributed by atoms with Gasteiger partial charge in [-0.15, -0.1) is 6.42 Å². The Balaban J connectivity index is 2.36. The molecule has 1 aromatic rings. The SMILES string of the molecule is C#C[C@@]1(CO)OC[C@@H](n2cc(C)c(=O)[nH]c2=O)O1. The number of aliphatic hydroxyl groups is 1. The smallest absolute Gasteiger partial charge is 0.330 e. The Morgan fingerprint density at radius 1 is 1.72 bits per heavy atom. The van der Waals surface area contributed by atoms with E-state index in [1.54, 1.807) is 6.92 Å². The second kappa shape index (κ2) is 4.42. The fourth-order valence-electron chi connectivity index (χ4n) is 1.64. The second-order valence-electron chi connectivity index (χ2n) is 3.92. The molecule has 0 saturated carbocycles. The zero-order chi connectivity index (χ0) is 13.3. The number of ether oxygens (including phenoxy) is 2. The molecule has 1 aromatic heterocycles.